The summed E-state index contributed by atoms with van der Waals surface area (Å²) in [5.41, 5.74) is 0.337. The second kappa shape index (κ2) is 4.23. The van der Waals surface area contributed by atoms with E-state index in [0.29, 0.717) is 18.7 Å². The molecule has 68 valence electrons. The third-order valence-electron chi connectivity index (χ3n) is 1.73. The standard InChI is InChI=1S/C8H13NO3/c1-6(8(10)11)4-7-5-9-2-3-12-7/h4,7,9H,2-3,5H2,1H3,(H,10,11)/b6-4+/t7-/m1/s1. The first-order valence-electron chi connectivity index (χ1n) is 3.94. The molecule has 1 aliphatic heterocycles. The first-order valence-corrected chi connectivity index (χ1v) is 3.94. The molecule has 4 heteroatoms. The topological polar surface area (TPSA) is 58.6 Å². The summed E-state index contributed by atoms with van der Waals surface area (Å²) in [5.74, 6) is -0.885. The highest BCUT2D eigenvalue weighted by molar-refractivity contribution is 5.85. The summed E-state index contributed by atoms with van der Waals surface area (Å²) >= 11 is 0. The lowest BCUT2D eigenvalue weighted by Crippen LogP contribution is -2.37. The van der Waals surface area contributed by atoms with Gasteiger partial charge in [-0.3, -0.25) is 0 Å². The molecule has 4 nitrogen and oxygen atoms in total. The molecule has 0 aromatic rings. The molecule has 0 aliphatic carbocycles. The zero-order valence-corrected chi connectivity index (χ0v) is 7.04. The Hall–Kier alpha value is -0.870. The minimum atomic E-state index is -0.885. The maximum Gasteiger partial charge on any atom is 0.331 e. The molecular weight excluding hydrogens is 158 g/mol. The van der Waals surface area contributed by atoms with E-state index in [1.165, 1.54) is 0 Å². The number of morpholine rings is 1. The molecule has 1 heterocycles. The summed E-state index contributed by atoms with van der Waals surface area (Å²) in [7, 11) is 0. The Labute approximate surface area is 71.2 Å². The summed E-state index contributed by atoms with van der Waals surface area (Å²) in [6, 6.07) is 0. The number of rotatable bonds is 2. The second-order valence-electron chi connectivity index (χ2n) is 2.77. The van der Waals surface area contributed by atoms with Gasteiger partial charge < -0.3 is 15.2 Å². The Morgan fingerprint density at radius 3 is 3.00 bits per heavy atom. The van der Waals surface area contributed by atoms with Crippen LogP contribution in [0.5, 0.6) is 0 Å². The van der Waals surface area contributed by atoms with Crippen molar-refractivity contribution in [2.24, 2.45) is 0 Å². The zero-order valence-electron chi connectivity index (χ0n) is 7.04. The predicted octanol–water partition coefficient (Wildman–Crippen LogP) is 0.00570. The van der Waals surface area contributed by atoms with Crippen LogP contribution in [-0.2, 0) is 9.53 Å². The molecule has 0 aromatic carbocycles. The van der Waals surface area contributed by atoms with Crippen LogP contribution in [0.25, 0.3) is 0 Å². The van der Waals surface area contributed by atoms with E-state index in [1.54, 1.807) is 13.0 Å². The van der Waals surface area contributed by atoms with Crippen LogP contribution in [0.4, 0.5) is 0 Å². The highest BCUT2D eigenvalue weighted by Crippen LogP contribution is 2.02. The summed E-state index contributed by atoms with van der Waals surface area (Å²) < 4.78 is 5.30. The second-order valence-corrected chi connectivity index (χ2v) is 2.77. The number of aliphatic carboxylic acids is 1. The highest BCUT2D eigenvalue weighted by atomic mass is 16.5. The van der Waals surface area contributed by atoms with Crippen molar-refractivity contribution in [1.82, 2.24) is 5.32 Å². The Bertz CT molecular complexity index is 194. The van der Waals surface area contributed by atoms with Crippen LogP contribution in [0.1, 0.15) is 6.92 Å². The van der Waals surface area contributed by atoms with Crippen LogP contribution in [0.2, 0.25) is 0 Å². The van der Waals surface area contributed by atoms with Gasteiger partial charge in [-0.05, 0) is 13.0 Å². The van der Waals surface area contributed by atoms with E-state index < -0.39 is 5.97 Å². The van der Waals surface area contributed by atoms with Crippen molar-refractivity contribution in [3.63, 3.8) is 0 Å². The van der Waals surface area contributed by atoms with E-state index in [-0.39, 0.29) is 6.10 Å². The first-order chi connectivity index (χ1) is 5.70. The Balaban J connectivity index is 2.47. The Morgan fingerprint density at radius 2 is 2.50 bits per heavy atom. The van der Waals surface area contributed by atoms with Crippen molar-refractivity contribution >= 4 is 5.97 Å². The molecule has 1 atom stereocenters. The van der Waals surface area contributed by atoms with Crippen LogP contribution in [-0.4, -0.2) is 36.9 Å². The van der Waals surface area contributed by atoms with E-state index >= 15 is 0 Å². The van der Waals surface area contributed by atoms with Gasteiger partial charge in [0.15, 0.2) is 0 Å². The third-order valence-corrected chi connectivity index (χ3v) is 1.73. The minimum Gasteiger partial charge on any atom is -0.478 e. The van der Waals surface area contributed by atoms with Crippen LogP contribution in [0.3, 0.4) is 0 Å². The fourth-order valence-corrected chi connectivity index (χ4v) is 1.04. The van der Waals surface area contributed by atoms with E-state index in [9.17, 15) is 4.79 Å². The number of carbonyl (C=O) groups is 1. The van der Waals surface area contributed by atoms with Crippen LogP contribution >= 0.6 is 0 Å². The fourth-order valence-electron chi connectivity index (χ4n) is 1.04. The van der Waals surface area contributed by atoms with Gasteiger partial charge in [-0.15, -0.1) is 0 Å². The Morgan fingerprint density at radius 1 is 1.75 bits per heavy atom. The molecule has 0 spiro atoms. The molecule has 0 saturated carbocycles. The Kier molecular flexibility index (Phi) is 3.25. The molecule has 1 rings (SSSR count). The van der Waals surface area contributed by atoms with Crippen molar-refractivity contribution in [3.05, 3.63) is 11.6 Å². The molecule has 1 fully saturated rings. The van der Waals surface area contributed by atoms with Crippen molar-refractivity contribution in [2.45, 2.75) is 13.0 Å². The molecule has 0 radical (unpaired) electrons. The lowest BCUT2D eigenvalue weighted by molar-refractivity contribution is -0.132. The van der Waals surface area contributed by atoms with Crippen molar-refractivity contribution < 1.29 is 14.6 Å². The summed E-state index contributed by atoms with van der Waals surface area (Å²) in [5, 5.41) is 11.7. The highest BCUT2D eigenvalue weighted by Gasteiger charge is 2.12. The zero-order chi connectivity index (χ0) is 8.97. The number of hydrogen-bond donors (Lipinski definition) is 2. The van der Waals surface area contributed by atoms with Crippen molar-refractivity contribution in [3.8, 4) is 0 Å². The summed E-state index contributed by atoms with van der Waals surface area (Å²) in [4.78, 5) is 10.4. The lowest BCUT2D eigenvalue weighted by Gasteiger charge is -2.20. The van der Waals surface area contributed by atoms with Gasteiger partial charge in [-0.1, -0.05) is 0 Å². The fraction of sp³-hybridized carbons (Fsp3) is 0.625. The third kappa shape index (κ3) is 2.64. The van der Waals surface area contributed by atoms with Gasteiger partial charge in [0.05, 0.1) is 12.7 Å². The van der Waals surface area contributed by atoms with Crippen molar-refractivity contribution in [2.75, 3.05) is 19.7 Å². The van der Waals surface area contributed by atoms with E-state index in [2.05, 4.69) is 5.32 Å². The molecular formula is C8H13NO3. The van der Waals surface area contributed by atoms with Gasteiger partial charge in [0, 0.05) is 18.7 Å². The van der Waals surface area contributed by atoms with Crippen LogP contribution < -0.4 is 5.32 Å². The molecule has 0 bridgehead atoms. The maximum atomic E-state index is 10.4. The maximum absolute atomic E-state index is 10.4. The predicted molar refractivity (Wildman–Crippen MR) is 44.0 cm³/mol. The monoisotopic (exact) mass is 171 g/mol. The lowest BCUT2D eigenvalue weighted by atomic mass is 10.2. The SMILES string of the molecule is C/C(=C\[C@@H]1CNCCO1)C(=O)O. The normalized spacial score (nSPS) is 25.4. The van der Waals surface area contributed by atoms with E-state index in [4.69, 9.17) is 9.84 Å². The van der Waals surface area contributed by atoms with E-state index in [0.717, 1.165) is 6.54 Å². The smallest absolute Gasteiger partial charge is 0.331 e. The number of hydrogen-bond acceptors (Lipinski definition) is 3. The van der Waals surface area contributed by atoms with Crippen molar-refractivity contribution in [1.29, 1.82) is 0 Å². The summed E-state index contributed by atoms with van der Waals surface area (Å²) in [6.45, 7) is 3.76. The van der Waals surface area contributed by atoms with Gasteiger partial charge in [-0.25, -0.2) is 4.79 Å². The quantitative estimate of drug-likeness (QED) is 0.574. The van der Waals surface area contributed by atoms with Gasteiger partial charge in [0.25, 0.3) is 0 Å². The van der Waals surface area contributed by atoms with Gasteiger partial charge in [0.1, 0.15) is 0 Å². The molecule has 2 N–H and O–H groups in total. The number of carboxylic acids is 1. The number of nitrogens with one attached hydrogen (secondary N) is 1. The molecule has 1 saturated heterocycles. The molecule has 1 aliphatic rings. The largest absolute Gasteiger partial charge is 0.478 e. The minimum absolute atomic E-state index is 0.0881. The van der Waals surface area contributed by atoms with Gasteiger partial charge in [0.2, 0.25) is 0 Å². The van der Waals surface area contributed by atoms with E-state index in [1.807, 2.05) is 0 Å². The van der Waals surface area contributed by atoms with Gasteiger partial charge in [-0.2, -0.15) is 0 Å². The van der Waals surface area contributed by atoms with Gasteiger partial charge >= 0.3 is 5.97 Å². The average Bonchev–Trinajstić information content (AvgIpc) is 2.06. The first kappa shape index (κ1) is 9.22. The van der Waals surface area contributed by atoms with Crippen LogP contribution in [0, 0.1) is 0 Å². The molecule has 0 aromatic heterocycles. The molecule has 12 heavy (non-hydrogen) atoms. The molecule has 0 unspecified atom stereocenters. The number of carboxylic acid groups (broad SMARTS) is 1. The summed E-state index contributed by atoms with van der Waals surface area (Å²) in [6.07, 6.45) is 1.55. The number of ether oxygens (including phenoxy) is 1. The van der Waals surface area contributed by atoms with Crippen LogP contribution in [0.15, 0.2) is 11.6 Å². The average molecular weight is 171 g/mol. The molecule has 0 amide bonds.